The molecule has 3 aromatic rings. The lowest BCUT2D eigenvalue weighted by Crippen LogP contribution is -2.00. The van der Waals surface area contributed by atoms with Crippen LogP contribution in [0.25, 0.3) is 22.4 Å². The van der Waals surface area contributed by atoms with Crippen LogP contribution < -0.4 is 9.47 Å². The molecule has 5 nitrogen and oxygen atoms in total. The number of nitrogens with one attached hydrogen (secondary N) is 1. The molecular formula is C17H15N3O2. The van der Waals surface area contributed by atoms with Gasteiger partial charge in [0.15, 0.2) is 17.3 Å². The summed E-state index contributed by atoms with van der Waals surface area (Å²) in [6, 6.07) is 5.84. The van der Waals surface area contributed by atoms with Gasteiger partial charge in [0.2, 0.25) is 6.79 Å². The Morgan fingerprint density at radius 3 is 2.95 bits per heavy atom. The minimum absolute atomic E-state index is 0.282. The molecule has 0 bridgehead atoms. The summed E-state index contributed by atoms with van der Waals surface area (Å²) in [5.41, 5.74) is 5.76. The molecule has 1 aromatic carbocycles. The van der Waals surface area contributed by atoms with Gasteiger partial charge in [-0.15, -0.1) is 0 Å². The van der Waals surface area contributed by atoms with Gasteiger partial charge < -0.3 is 14.5 Å². The number of aryl methyl sites for hydroxylation is 2. The normalized spacial score (nSPS) is 16.0. The molecule has 0 atom stereocenters. The second-order valence-corrected chi connectivity index (χ2v) is 5.81. The van der Waals surface area contributed by atoms with Gasteiger partial charge >= 0.3 is 0 Å². The number of fused-ring (bicyclic) bond motifs is 4. The van der Waals surface area contributed by atoms with E-state index in [2.05, 4.69) is 9.97 Å². The molecule has 3 heterocycles. The van der Waals surface area contributed by atoms with Crippen molar-refractivity contribution in [1.82, 2.24) is 15.0 Å². The zero-order chi connectivity index (χ0) is 14.5. The Balaban J connectivity index is 1.65. The molecule has 1 aliphatic heterocycles. The lowest BCUT2D eigenvalue weighted by atomic mass is 9.97. The van der Waals surface area contributed by atoms with Crippen LogP contribution in [0.1, 0.15) is 24.1 Å². The van der Waals surface area contributed by atoms with E-state index >= 15 is 0 Å². The van der Waals surface area contributed by atoms with Crippen molar-refractivity contribution < 1.29 is 9.47 Å². The number of aromatic amines is 1. The molecule has 1 aliphatic carbocycles. The molecule has 2 aliphatic rings. The van der Waals surface area contributed by atoms with E-state index in [9.17, 15) is 0 Å². The summed E-state index contributed by atoms with van der Waals surface area (Å²) in [5, 5.41) is 0. The molecule has 5 rings (SSSR count). The molecule has 0 amide bonds. The van der Waals surface area contributed by atoms with Gasteiger partial charge in [-0.25, -0.2) is 9.97 Å². The number of H-pyrrole nitrogens is 1. The minimum atomic E-state index is 0.282. The van der Waals surface area contributed by atoms with Gasteiger partial charge in [-0.1, -0.05) is 0 Å². The van der Waals surface area contributed by atoms with Crippen molar-refractivity contribution in [3.63, 3.8) is 0 Å². The van der Waals surface area contributed by atoms with Gasteiger partial charge in [-0.2, -0.15) is 0 Å². The van der Waals surface area contributed by atoms with Crippen LogP contribution in [-0.4, -0.2) is 21.7 Å². The Labute approximate surface area is 127 Å². The Bertz CT molecular complexity index is 885. The SMILES string of the molecule is c1cc2c(cc1-c1ncc3[nH]c4c(c3n1)CCCC4)OCO2. The maximum atomic E-state index is 5.44. The number of aromatic nitrogens is 3. The first kappa shape index (κ1) is 12.0. The molecule has 0 radical (unpaired) electrons. The maximum Gasteiger partial charge on any atom is 0.231 e. The standard InChI is InChI=1S/C17H15N3O2/c1-2-4-12-11(3-1)16-13(19-12)8-18-17(20-16)10-5-6-14-15(7-10)22-9-21-14/h5-8,19H,1-4,9H2. The van der Waals surface area contributed by atoms with E-state index < -0.39 is 0 Å². The van der Waals surface area contributed by atoms with Gasteiger partial charge in [-0.3, -0.25) is 0 Å². The zero-order valence-corrected chi connectivity index (χ0v) is 12.1. The maximum absolute atomic E-state index is 5.44. The van der Waals surface area contributed by atoms with Crippen molar-refractivity contribution in [2.24, 2.45) is 0 Å². The average molecular weight is 293 g/mol. The van der Waals surface area contributed by atoms with E-state index in [1.165, 1.54) is 24.1 Å². The number of rotatable bonds is 1. The van der Waals surface area contributed by atoms with Crippen molar-refractivity contribution in [2.75, 3.05) is 6.79 Å². The number of hydrogen-bond acceptors (Lipinski definition) is 4. The fourth-order valence-electron chi connectivity index (χ4n) is 3.35. The summed E-state index contributed by atoms with van der Waals surface area (Å²) >= 11 is 0. The molecule has 0 saturated heterocycles. The van der Waals surface area contributed by atoms with Gasteiger partial charge in [0.1, 0.15) is 0 Å². The molecule has 2 aromatic heterocycles. The molecule has 5 heteroatoms. The molecule has 22 heavy (non-hydrogen) atoms. The molecule has 0 fully saturated rings. The lowest BCUT2D eigenvalue weighted by molar-refractivity contribution is 0.174. The molecule has 1 N–H and O–H groups in total. The Hall–Kier alpha value is -2.56. The third kappa shape index (κ3) is 1.71. The number of ether oxygens (including phenoxy) is 2. The van der Waals surface area contributed by atoms with E-state index in [0.717, 1.165) is 46.8 Å². The minimum Gasteiger partial charge on any atom is -0.454 e. The summed E-state index contributed by atoms with van der Waals surface area (Å²) in [6.45, 7) is 0.282. The van der Waals surface area contributed by atoms with Crippen molar-refractivity contribution in [3.05, 3.63) is 35.7 Å². The van der Waals surface area contributed by atoms with Crippen LogP contribution >= 0.6 is 0 Å². The molecule has 110 valence electrons. The van der Waals surface area contributed by atoms with Crippen LogP contribution in [0.4, 0.5) is 0 Å². The van der Waals surface area contributed by atoms with Gasteiger partial charge in [0, 0.05) is 11.3 Å². The average Bonchev–Trinajstić information content (AvgIpc) is 3.17. The topological polar surface area (TPSA) is 60.0 Å². The first-order valence-corrected chi connectivity index (χ1v) is 7.65. The number of nitrogens with zero attached hydrogens (tertiary/aromatic N) is 2. The highest BCUT2D eigenvalue weighted by atomic mass is 16.7. The van der Waals surface area contributed by atoms with Crippen molar-refractivity contribution in [3.8, 4) is 22.9 Å². The van der Waals surface area contributed by atoms with Gasteiger partial charge in [0.05, 0.1) is 17.2 Å². The predicted molar refractivity (Wildman–Crippen MR) is 82.1 cm³/mol. The van der Waals surface area contributed by atoms with E-state index in [4.69, 9.17) is 14.5 Å². The summed E-state index contributed by atoms with van der Waals surface area (Å²) in [6.07, 6.45) is 6.60. The second-order valence-electron chi connectivity index (χ2n) is 5.81. The highest BCUT2D eigenvalue weighted by Gasteiger charge is 2.19. The van der Waals surface area contributed by atoms with Crippen molar-refractivity contribution in [2.45, 2.75) is 25.7 Å². The predicted octanol–water partition coefficient (Wildman–Crippen LogP) is 3.23. The second kappa shape index (κ2) is 4.47. The molecule has 0 unspecified atom stereocenters. The molecule has 0 spiro atoms. The third-order valence-electron chi connectivity index (χ3n) is 4.46. The Morgan fingerprint density at radius 1 is 1.05 bits per heavy atom. The third-order valence-corrected chi connectivity index (χ3v) is 4.46. The Morgan fingerprint density at radius 2 is 1.95 bits per heavy atom. The van der Waals surface area contributed by atoms with E-state index in [1.54, 1.807) is 0 Å². The number of benzene rings is 1. The van der Waals surface area contributed by atoms with Crippen molar-refractivity contribution >= 4 is 11.0 Å². The number of hydrogen-bond donors (Lipinski definition) is 1. The van der Waals surface area contributed by atoms with E-state index in [0.29, 0.717) is 0 Å². The van der Waals surface area contributed by atoms with Gasteiger partial charge in [-0.05, 0) is 49.4 Å². The van der Waals surface area contributed by atoms with Crippen LogP contribution in [0, 0.1) is 0 Å². The van der Waals surface area contributed by atoms with Crippen LogP contribution in [0.5, 0.6) is 11.5 Å². The smallest absolute Gasteiger partial charge is 0.231 e. The summed E-state index contributed by atoms with van der Waals surface area (Å²) in [5.74, 6) is 2.28. The summed E-state index contributed by atoms with van der Waals surface area (Å²) in [7, 11) is 0. The zero-order valence-electron chi connectivity index (χ0n) is 12.1. The highest BCUT2D eigenvalue weighted by Crippen LogP contribution is 2.35. The highest BCUT2D eigenvalue weighted by molar-refractivity contribution is 5.82. The van der Waals surface area contributed by atoms with E-state index in [-0.39, 0.29) is 6.79 Å². The van der Waals surface area contributed by atoms with E-state index in [1.807, 2.05) is 24.4 Å². The fourth-order valence-corrected chi connectivity index (χ4v) is 3.35. The molecule has 0 saturated carbocycles. The van der Waals surface area contributed by atoms with Crippen LogP contribution in [-0.2, 0) is 12.8 Å². The van der Waals surface area contributed by atoms with Crippen LogP contribution in [0.3, 0.4) is 0 Å². The Kier molecular flexibility index (Phi) is 2.44. The monoisotopic (exact) mass is 293 g/mol. The van der Waals surface area contributed by atoms with Crippen LogP contribution in [0.2, 0.25) is 0 Å². The van der Waals surface area contributed by atoms with Crippen LogP contribution in [0.15, 0.2) is 24.4 Å². The first-order valence-electron chi connectivity index (χ1n) is 7.65. The van der Waals surface area contributed by atoms with Crippen molar-refractivity contribution in [1.29, 1.82) is 0 Å². The largest absolute Gasteiger partial charge is 0.454 e. The quantitative estimate of drug-likeness (QED) is 0.748. The summed E-state index contributed by atoms with van der Waals surface area (Å²) in [4.78, 5) is 12.8. The molecular weight excluding hydrogens is 278 g/mol. The summed E-state index contributed by atoms with van der Waals surface area (Å²) < 4.78 is 10.8. The first-order chi connectivity index (χ1) is 10.9. The lowest BCUT2D eigenvalue weighted by Gasteiger charge is -2.10. The fraction of sp³-hybridized carbons (Fsp3) is 0.294. The van der Waals surface area contributed by atoms with Gasteiger partial charge in [0.25, 0.3) is 0 Å².